The third-order valence-corrected chi connectivity index (χ3v) is 2.91. The number of carboxylic acids is 1. The number of aromatic nitrogens is 3. The van der Waals surface area contributed by atoms with Gasteiger partial charge in [-0.05, 0) is 19.1 Å². The molecule has 2 aromatic heterocycles. The number of carboxylic acid groups (broad SMARTS) is 1. The van der Waals surface area contributed by atoms with E-state index in [2.05, 4.69) is 20.4 Å². The van der Waals surface area contributed by atoms with Gasteiger partial charge in [-0.3, -0.25) is 10.1 Å². The fourth-order valence-electron chi connectivity index (χ4n) is 1.96. The van der Waals surface area contributed by atoms with E-state index >= 15 is 0 Å². The minimum atomic E-state index is -1.27. The van der Waals surface area contributed by atoms with Crippen LogP contribution in [0.15, 0.2) is 28.8 Å². The highest BCUT2D eigenvalue weighted by atomic mass is 16.5. The van der Waals surface area contributed by atoms with Gasteiger partial charge in [-0.25, -0.2) is 9.78 Å². The second-order valence-corrected chi connectivity index (χ2v) is 4.32. The molecular weight excluding hydrogens is 276 g/mol. The van der Waals surface area contributed by atoms with Crippen LogP contribution in [-0.2, 0) is 0 Å². The van der Waals surface area contributed by atoms with Gasteiger partial charge in [0.05, 0.1) is 11.0 Å². The lowest BCUT2D eigenvalue weighted by atomic mass is 10.2. The first-order valence-corrected chi connectivity index (χ1v) is 6.02. The first-order valence-electron chi connectivity index (χ1n) is 6.02. The molecule has 0 spiro atoms. The largest absolute Gasteiger partial charge is 0.477 e. The van der Waals surface area contributed by atoms with E-state index in [4.69, 9.17) is 9.63 Å². The van der Waals surface area contributed by atoms with Crippen molar-refractivity contribution in [1.82, 2.24) is 15.1 Å². The number of imidazole rings is 1. The van der Waals surface area contributed by atoms with Crippen molar-refractivity contribution >= 4 is 28.9 Å². The number of rotatable bonds is 3. The zero-order valence-electron chi connectivity index (χ0n) is 10.9. The Morgan fingerprint density at radius 1 is 1.33 bits per heavy atom. The molecule has 0 aliphatic heterocycles. The van der Waals surface area contributed by atoms with Crippen LogP contribution in [0, 0.1) is 6.92 Å². The Labute approximate surface area is 117 Å². The molecule has 0 radical (unpaired) electrons. The highest BCUT2D eigenvalue weighted by Crippen LogP contribution is 2.17. The molecular formula is C13H10N4O4. The minimum absolute atomic E-state index is 0.0669. The van der Waals surface area contributed by atoms with Crippen LogP contribution in [0.4, 0.5) is 5.95 Å². The summed E-state index contributed by atoms with van der Waals surface area (Å²) < 4.78 is 4.75. The Bertz CT molecular complexity index is 816. The first-order chi connectivity index (χ1) is 10.1. The van der Waals surface area contributed by atoms with E-state index in [0.717, 1.165) is 5.52 Å². The number of nitrogens with one attached hydrogen (secondary N) is 2. The standard InChI is InChI=1S/C13H10N4O4/c1-6-9(12(19)20)10(17-21-6)11(18)16-13-14-7-4-2-3-5-8(7)15-13/h2-5H,1H3,(H,19,20)(H2,14,15,16,18). The van der Waals surface area contributed by atoms with Crippen molar-refractivity contribution in [2.45, 2.75) is 6.92 Å². The second kappa shape index (κ2) is 4.75. The Morgan fingerprint density at radius 3 is 2.81 bits per heavy atom. The summed E-state index contributed by atoms with van der Waals surface area (Å²) in [6.07, 6.45) is 0. The molecule has 0 saturated carbocycles. The van der Waals surface area contributed by atoms with Crippen molar-refractivity contribution in [3.8, 4) is 0 Å². The molecule has 21 heavy (non-hydrogen) atoms. The maximum absolute atomic E-state index is 12.1. The number of amides is 1. The SMILES string of the molecule is Cc1onc(C(=O)Nc2nc3ccccc3[nH]2)c1C(=O)O. The van der Waals surface area contributed by atoms with Gasteiger partial charge in [-0.1, -0.05) is 17.3 Å². The lowest BCUT2D eigenvalue weighted by Crippen LogP contribution is -2.17. The number of H-pyrrole nitrogens is 1. The smallest absolute Gasteiger partial charge is 0.341 e. The van der Waals surface area contributed by atoms with Gasteiger partial charge < -0.3 is 14.6 Å². The van der Waals surface area contributed by atoms with E-state index in [1.165, 1.54) is 6.92 Å². The van der Waals surface area contributed by atoms with Crippen molar-refractivity contribution in [2.24, 2.45) is 0 Å². The molecule has 0 unspecified atom stereocenters. The number of anilines is 1. The van der Waals surface area contributed by atoms with Crippen LogP contribution in [0.1, 0.15) is 26.6 Å². The van der Waals surface area contributed by atoms with Gasteiger partial charge in [0.1, 0.15) is 11.3 Å². The van der Waals surface area contributed by atoms with Crippen molar-refractivity contribution in [1.29, 1.82) is 0 Å². The number of aromatic amines is 1. The zero-order chi connectivity index (χ0) is 15.0. The van der Waals surface area contributed by atoms with Gasteiger partial charge in [0, 0.05) is 0 Å². The number of nitrogens with zero attached hydrogens (tertiary/aromatic N) is 2. The van der Waals surface area contributed by atoms with Gasteiger partial charge in [-0.2, -0.15) is 0 Å². The van der Waals surface area contributed by atoms with E-state index in [1.54, 1.807) is 12.1 Å². The maximum atomic E-state index is 12.1. The summed E-state index contributed by atoms with van der Waals surface area (Å²) in [5, 5.41) is 15.0. The number of para-hydroxylation sites is 2. The molecule has 0 saturated heterocycles. The molecule has 106 valence electrons. The average Bonchev–Trinajstić information content (AvgIpc) is 3.01. The van der Waals surface area contributed by atoms with Crippen LogP contribution in [0.25, 0.3) is 11.0 Å². The normalized spacial score (nSPS) is 10.7. The molecule has 3 aromatic rings. The zero-order valence-corrected chi connectivity index (χ0v) is 10.9. The Hall–Kier alpha value is -3.16. The van der Waals surface area contributed by atoms with Crippen molar-refractivity contribution in [3.63, 3.8) is 0 Å². The number of benzene rings is 1. The fraction of sp³-hybridized carbons (Fsp3) is 0.0769. The maximum Gasteiger partial charge on any atom is 0.341 e. The number of aromatic carboxylic acids is 1. The van der Waals surface area contributed by atoms with Crippen LogP contribution < -0.4 is 5.32 Å². The molecule has 0 aliphatic carbocycles. The Morgan fingerprint density at radius 2 is 2.10 bits per heavy atom. The number of hydrogen-bond acceptors (Lipinski definition) is 5. The predicted molar refractivity (Wildman–Crippen MR) is 72.2 cm³/mol. The lowest BCUT2D eigenvalue weighted by Gasteiger charge is -1.98. The molecule has 3 rings (SSSR count). The molecule has 1 aromatic carbocycles. The van der Waals surface area contributed by atoms with Crippen LogP contribution in [0.3, 0.4) is 0 Å². The topological polar surface area (TPSA) is 121 Å². The van der Waals surface area contributed by atoms with Gasteiger partial charge in [0.25, 0.3) is 5.91 Å². The second-order valence-electron chi connectivity index (χ2n) is 4.32. The van der Waals surface area contributed by atoms with Gasteiger partial charge in [0.2, 0.25) is 5.95 Å². The van der Waals surface area contributed by atoms with Crippen LogP contribution in [-0.4, -0.2) is 32.1 Å². The first kappa shape index (κ1) is 12.9. The molecule has 0 bridgehead atoms. The van der Waals surface area contributed by atoms with E-state index < -0.39 is 11.9 Å². The molecule has 0 fully saturated rings. The quantitative estimate of drug-likeness (QED) is 0.675. The summed E-state index contributed by atoms with van der Waals surface area (Å²) in [7, 11) is 0. The number of carbonyl (C=O) groups excluding carboxylic acids is 1. The van der Waals surface area contributed by atoms with Crippen molar-refractivity contribution < 1.29 is 19.2 Å². The summed E-state index contributed by atoms with van der Waals surface area (Å²) in [5.74, 6) is -1.71. The average molecular weight is 286 g/mol. The van der Waals surface area contributed by atoms with Crippen molar-refractivity contribution in [2.75, 3.05) is 5.32 Å². The summed E-state index contributed by atoms with van der Waals surface area (Å²) in [6.45, 7) is 1.43. The van der Waals surface area contributed by atoms with Gasteiger partial charge >= 0.3 is 5.97 Å². The molecule has 8 nitrogen and oxygen atoms in total. The minimum Gasteiger partial charge on any atom is -0.477 e. The molecule has 2 heterocycles. The lowest BCUT2D eigenvalue weighted by molar-refractivity contribution is 0.0691. The van der Waals surface area contributed by atoms with Gasteiger partial charge in [0.15, 0.2) is 5.69 Å². The number of fused-ring (bicyclic) bond motifs is 1. The monoisotopic (exact) mass is 286 g/mol. The van der Waals surface area contributed by atoms with Crippen LogP contribution >= 0.6 is 0 Å². The summed E-state index contributed by atoms with van der Waals surface area (Å²) >= 11 is 0. The Balaban J connectivity index is 1.91. The van der Waals surface area contributed by atoms with E-state index in [0.29, 0.717) is 5.52 Å². The highest BCUT2D eigenvalue weighted by Gasteiger charge is 2.25. The van der Waals surface area contributed by atoms with Crippen LogP contribution in [0.5, 0.6) is 0 Å². The number of hydrogen-bond donors (Lipinski definition) is 3. The Kier molecular flexibility index (Phi) is 2.90. The third-order valence-electron chi connectivity index (χ3n) is 2.91. The van der Waals surface area contributed by atoms with E-state index in [1.807, 2.05) is 12.1 Å². The highest BCUT2D eigenvalue weighted by molar-refractivity contribution is 6.09. The summed E-state index contributed by atoms with van der Waals surface area (Å²) in [4.78, 5) is 30.2. The molecule has 0 atom stereocenters. The molecule has 1 amide bonds. The van der Waals surface area contributed by atoms with E-state index in [9.17, 15) is 9.59 Å². The van der Waals surface area contributed by atoms with Crippen molar-refractivity contribution in [3.05, 3.63) is 41.3 Å². The predicted octanol–water partition coefficient (Wildman–Crippen LogP) is 1.81. The number of carbonyl (C=O) groups is 2. The molecule has 8 heteroatoms. The summed E-state index contributed by atoms with van der Waals surface area (Å²) in [6, 6.07) is 7.24. The number of aryl methyl sites for hydroxylation is 1. The third kappa shape index (κ3) is 2.22. The molecule has 0 aliphatic rings. The van der Waals surface area contributed by atoms with E-state index in [-0.39, 0.29) is 23.0 Å². The molecule has 3 N–H and O–H groups in total. The summed E-state index contributed by atoms with van der Waals surface area (Å²) in [5.41, 5.74) is 0.884. The van der Waals surface area contributed by atoms with Crippen LogP contribution in [0.2, 0.25) is 0 Å². The fourth-order valence-corrected chi connectivity index (χ4v) is 1.96. The van der Waals surface area contributed by atoms with Gasteiger partial charge in [-0.15, -0.1) is 0 Å².